The van der Waals surface area contributed by atoms with Gasteiger partial charge >= 0.3 is 6.18 Å². The summed E-state index contributed by atoms with van der Waals surface area (Å²) < 4.78 is 52.7. The molecule has 9 aromatic carbocycles. The molecule has 14 nitrogen and oxygen atoms in total. The zero-order valence-electron chi connectivity index (χ0n) is 77.6. The van der Waals surface area contributed by atoms with Gasteiger partial charge in [-0.1, -0.05) is 315 Å². The fourth-order valence-corrected chi connectivity index (χ4v) is 14.6. The minimum Gasteiger partial charge on any atom is -0.497 e. The van der Waals surface area contributed by atoms with Gasteiger partial charge in [0.05, 0.1) is 30.5 Å². The van der Waals surface area contributed by atoms with E-state index in [0.717, 1.165) is 99.5 Å². The summed E-state index contributed by atoms with van der Waals surface area (Å²) in [6, 6.07) is 79.6. The van der Waals surface area contributed by atoms with Crippen molar-refractivity contribution in [3.8, 4) is 17.2 Å². The molecule has 2 heterocycles. The summed E-state index contributed by atoms with van der Waals surface area (Å²) in [4.78, 5) is 2.53. The lowest BCUT2D eigenvalue weighted by atomic mass is 9.91. The fraction of sp³-hybridized carbons (Fsp3) is 0.452. The first-order valence-corrected chi connectivity index (χ1v) is 45.4. The van der Waals surface area contributed by atoms with Crippen LogP contribution in [0.1, 0.15) is 240 Å². The van der Waals surface area contributed by atoms with Crippen molar-refractivity contribution < 1.29 is 32.3 Å². The van der Waals surface area contributed by atoms with Crippen molar-refractivity contribution in [2.75, 3.05) is 39.8 Å². The molecular formula is C104H146Cl3F3N10O4. The summed E-state index contributed by atoms with van der Waals surface area (Å²) in [6.45, 7) is 49.1. The normalized spacial score (nSPS) is 14.3. The van der Waals surface area contributed by atoms with Gasteiger partial charge in [0.15, 0.2) is 0 Å². The number of aryl methyl sites for hydroxylation is 2. The van der Waals surface area contributed by atoms with Crippen molar-refractivity contribution in [2.45, 2.75) is 268 Å². The van der Waals surface area contributed by atoms with E-state index in [1.165, 1.54) is 82.6 Å². The second-order valence-electron chi connectivity index (χ2n) is 34.1. The molecule has 1 aromatic heterocycles. The van der Waals surface area contributed by atoms with Gasteiger partial charge in [0, 0.05) is 131 Å². The Bertz CT molecular complexity index is 4400. The maximum atomic E-state index is 12.2. The number of ether oxygens (including phenoxy) is 2. The second-order valence-corrected chi connectivity index (χ2v) is 35.3. The Balaban J connectivity index is 0.000000253. The lowest BCUT2D eigenvalue weighted by Gasteiger charge is -2.27. The highest BCUT2D eigenvalue weighted by Gasteiger charge is 2.32. The van der Waals surface area contributed by atoms with Gasteiger partial charge in [-0.25, -0.2) is 0 Å². The molecule has 0 amide bonds. The van der Waals surface area contributed by atoms with Crippen molar-refractivity contribution in [1.29, 1.82) is 0 Å². The minimum absolute atomic E-state index is 0.117. The summed E-state index contributed by atoms with van der Waals surface area (Å²) in [6.07, 6.45) is -0.0765. The van der Waals surface area contributed by atoms with E-state index in [2.05, 4.69) is 273 Å². The number of halogens is 6. The van der Waals surface area contributed by atoms with Crippen LogP contribution in [0.4, 0.5) is 13.2 Å². The number of hydrogen-bond donors (Lipinski definition) is 9. The number of likely N-dealkylation sites (tertiary alicyclic amines) is 1. The van der Waals surface area contributed by atoms with Crippen molar-refractivity contribution in [3.63, 3.8) is 0 Å². The monoisotopic (exact) mass is 1760 g/mol. The third-order valence-electron chi connectivity index (χ3n) is 20.3. The third-order valence-corrected chi connectivity index (χ3v) is 21.2. The molecule has 0 spiro atoms. The fourth-order valence-electron chi connectivity index (χ4n) is 14.0. The first-order chi connectivity index (χ1) is 59.0. The van der Waals surface area contributed by atoms with Crippen LogP contribution in [0.3, 0.4) is 0 Å². The van der Waals surface area contributed by atoms with Gasteiger partial charge in [-0.15, -0.1) is 0 Å². The summed E-state index contributed by atoms with van der Waals surface area (Å²) in [7, 11) is 1.69. The van der Waals surface area contributed by atoms with Crippen LogP contribution in [0.2, 0.25) is 15.1 Å². The first-order valence-electron chi connectivity index (χ1n) is 44.3. The number of aliphatic hydroxyl groups excluding tert-OH is 1. The van der Waals surface area contributed by atoms with Crippen LogP contribution in [0.15, 0.2) is 235 Å². The molecule has 2 aliphatic rings. The molecule has 124 heavy (non-hydrogen) atoms. The number of aromatic nitrogens is 1. The number of nitrogens with one attached hydrogen (secondary N) is 8. The SMILES string of the molecule is CC(C)NC(C)c1ccc(Cl)cc1.CC(C)NC(CN1CCCC1)c1ccccc1Cl.CC(C)NCC(c1ccccc1)c1ccccc1.CC(C)NCc1c(Cl)cccc1Oc1ccccc1.CC(C)NCc1ccc(C(F)(F)F)cc1.CC(C)N[C@H]1c2ccccc2C[C@H]1O.COc1ccc([C@@H](C)NC(C)C)cc1.Cc1noc(C)c1CCNC(C)C. The average Bonchev–Trinajstić information content (AvgIpc) is 1.66. The van der Waals surface area contributed by atoms with E-state index in [9.17, 15) is 18.3 Å². The van der Waals surface area contributed by atoms with Crippen molar-refractivity contribution in [3.05, 3.63) is 318 Å². The van der Waals surface area contributed by atoms with Crippen LogP contribution >= 0.6 is 34.8 Å². The Labute approximate surface area is 758 Å². The standard InChI is InChI=1S/C17H21N.C16H18ClNO.C15H23ClN2.C12H17NO.C12H19NO.C11H16ClN.C11H14F3N.C10H18N2O/c1-14(2)18-13-17(15-9-5-3-6-10-15)16-11-7-4-8-12-16;1-12(2)18-11-14-15(17)9-6-10-16(14)19-13-7-4-3-5-8-13;1-12(2)17-15(11-18-9-5-6-10-18)13-7-3-4-8-14(13)16;1-8(2)13-12-10-6-4-3-5-9(10)7-11(12)14;1-9(2)13-10(3)11-5-7-12(14-4)8-6-11;1-8(2)13-9(3)10-4-6-11(12)7-5-10;1-8(2)15-7-9-3-5-10(6-4-9)11(12,13)14;1-7(2)11-6-5-10-8(3)12-13-9(10)4/h3-12,14,17-18H,13H2,1-2H3;3-10,12,18H,11H2,1-2H3;3-4,7-8,12,15,17H,5-6,9-11H2,1-2H3;3-6,8,11-14H,7H2,1-2H3;5-10,13H,1-4H3;4-9,13H,1-3H3;3-6,8,15H,7H2,1-2H3;7,11H,5-6H2,1-4H3/t;;;11-,12+;10-;;;/m...11.../s1. The van der Waals surface area contributed by atoms with Crippen LogP contribution in [0, 0.1) is 13.8 Å². The van der Waals surface area contributed by atoms with E-state index in [1.807, 2.05) is 125 Å². The number of hydrogen-bond acceptors (Lipinski definition) is 14. The number of alkyl halides is 3. The predicted octanol–water partition coefficient (Wildman–Crippen LogP) is 24.8. The van der Waals surface area contributed by atoms with Crippen LogP contribution < -0.4 is 52.0 Å². The second kappa shape index (κ2) is 57.7. The van der Waals surface area contributed by atoms with E-state index in [-0.39, 0.29) is 12.1 Å². The van der Waals surface area contributed by atoms with Crippen molar-refractivity contribution >= 4 is 34.8 Å². The van der Waals surface area contributed by atoms with E-state index in [1.54, 1.807) is 7.11 Å². The van der Waals surface area contributed by atoms with Crippen molar-refractivity contribution in [2.24, 2.45) is 0 Å². The molecule has 5 atom stereocenters. The molecule has 1 aliphatic carbocycles. The Hall–Kier alpha value is -7.95. The van der Waals surface area contributed by atoms with E-state index in [0.29, 0.717) is 85.5 Å². The Morgan fingerprint density at radius 3 is 1.47 bits per heavy atom. The predicted molar refractivity (Wildman–Crippen MR) is 517 cm³/mol. The summed E-state index contributed by atoms with van der Waals surface area (Å²) in [5, 5.41) is 43.5. The Morgan fingerprint density at radius 1 is 0.484 bits per heavy atom. The molecule has 2 unspecified atom stereocenters. The van der Waals surface area contributed by atoms with E-state index < -0.39 is 11.7 Å². The topological polar surface area (TPSA) is 164 Å². The molecule has 0 radical (unpaired) electrons. The van der Waals surface area contributed by atoms with Crippen LogP contribution in [0.5, 0.6) is 17.2 Å². The lowest BCUT2D eigenvalue weighted by molar-refractivity contribution is -0.137. The molecule has 10 aromatic rings. The maximum Gasteiger partial charge on any atom is 0.416 e. The smallest absolute Gasteiger partial charge is 0.416 e. The first kappa shape index (κ1) is 107. The Morgan fingerprint density at radius 2 is 0.976 bits per heavy atom. The van der Waals surface area contributed by atoms with Crippen LogP contribution in [-0.2, 0) is 32.1 Å². The molecule has 678 valence electrons. The number of methoxy groups -OCH3 is 1. The van der Waals surface area contributed by atoms with Crippen LogP contribution in [-0.4, -0.2) is 109 Å². The zero-order valence-corrected chi connectivity index (χ0v) is 79.9. The largest absolute Gasteiger partial charge is 0.497 e. The molecule has 12 rings (SSSR count). The highest BCUT2D eigenvalue weighted by atomic mass is 35.5. The number of nitrogens with zero attached hydrogens (tertiary/aromatic N) is 2. The summed E-state index contributed by atoms with van der Waals surface area (Å²) >= 11 is 18.4. The molecule has 1 saturated heterocycles. The van der Waals surface area contributed by atoms with Gasteiger partial charge in [0.1, 0.15) is 23.0 Å². The van der Waals surface area contributed by atoms with Crippen LogP contribution in [0.25, 0.3) is 0 Å². The molecule has 1 fully saturated rings. The highest BCUT2D eigenvalue weighted by molar-refractivity contribution is 6.32. The summed E-state index contributed by atoms with van der Waals surface area (Å²) in [5.41, 5.74) is 12.6. The van der Waals surface area contributed by atoms with Gasteiger partial charge < -0.3 is 66.5 Å². The molecule has 20 heteroatoms. The lowest BCUT2D eigenvalue weighted by Crippen LogP contribution is -2.37. The zero-order chi connectivity index (χ0) is 91.3. The minimum atomic E-state index is -4.25. The molecule has 0 saturated carbocycles. The number of fused-ring (bicyclic) bond motifs is 1. The highest BCUT2D eigenvalue weighted by Crippen LogP contribution is 2.34. The Kier molecular flexibility index (Phi) is 49.6. The summed E-state index contributed by atoms with van der Waals surface area (Å²) in [5.74, 6) is 3.89. The number of para-hydroxylation sites is 1. The van der Waals surface area contributed by atoms with Gasteiger partial charge in [-0.3, -0.25) is 0 Å². The molecule has 1 aliphatic heterocycles. The van der Waals surface area contributed by atoms with Gasteiger partial charge in [0.25, 0.3) is 0 Å². The van der Waals surface area contributed by atoms with Gasteiger partial charge in [-0.2, -0.15) is 13.2 Å². The number of benzene rings is 9. The molecule has 0 bridgehead atoms. The third kappa shape index (κ3) is 41.7. The maximum absolute atomic E-state index is 12.2. The van der Waals surface area contributed by atoms with Gasteiger partial charge in [0.2, 0.25) is 0 Å². The number of aliphatic hydroxyl groups is 1. The number of rotatable bonds is 31. The quantitative estimate of drug-likeness (QED) is 0.0202. The van der Waals surface area contributed by atoms with E-state index in [4.69, 9.17) is 48.8 Å². The molecule has 9 N–H and O–H groups in total. The van der Waals surface area contributed by atoms with Gasteiger partial charge in [-0.05, 0) is 178 Å². The molecular weight excluding hydrogens is 1620 g/mol. The van der Waals surface area contributed by atoms with E-state index >= 15 is 0 Å². The van der Waals surface area contributed by atoms with Crippen molar-refractivity contribution in [1.82, 2.24) is 52.6 Å². The average molecular weight is 1760 g/mol.